The summed E-state index contributed by atoms with van der Waals surface area (Å²) in [4.78, 5) is 11.0. The molecule has 0 aliphatic heterocycles. The molecule has 0 amide bonds. The molecular weight excluding hydrogens is 214 g/mol. The molecule has 1 heterocycles. The lowest BCUT2D eigenvalue weighted by Gasteiger charge is -2.06. The Balaban J connectivity index is 2.29. The molecule has 1 aliphatic carbocycles. The Labute approximate surface area is 91.3 Å². The standard InChI is InChI=1S/C9H11N3O2S/c1-15-7-4-6(9(13)14)8(12-11-7)10-5-2-3-5/h4-5H,2-3H2,1H3,(H,10,12)(H,13,14). The maximum atomic E-state index is 11.0. The molecule has 6 heteroatoms. The number of nitrogens with one attached hydrogen (secondary N) is 1. The fourth-order valence-corrected chi connectivity index (χ4v) is 1.52. The van der Waals surface area contributed by atoms with E-state index in [-0.39, 0.29) is 5.56 Å². The van der Waals surface area contributed by atoms with Gasteiger partial charge in [-0.05, 0) is 25.2 Å². The van der Waals surface area contributed by atoms with Crippen LogP contribution in [0.15, 0.2) is 11.1 Å². The number of aromatic nitrogens is 2. The van der Waals surface area contributed by atoms with Crippen molar-refractivity contribution in [1.82, 2.24) is 10.2 Å². The van der Waals surface area contributed by atoms with Crippen LogP contribution in [0.5, 0.6) is 0 Å². The van der Waals surface area contributed by atoms with Crippen LogP contribution in [0.3, 0.4) is 0 Å². The van der Waals surface area contributed by atoms with Crippen LogP contribution in [0.25, 0.3) is 0 Å². The van der Waals surface area contributed by atoms with E-state index in [4.69, 9.17) is 5.11 Å². The van der Waals surface area contributed by atoms with Gasteiger partial charge in [0.05, 0.1) is 0 Å². The molecule has 0 atom stereocenters. The summed E-state index contributed by atoms with van der Waals surface area (Å²) in [6.45, 7) is 0. The molecule has 0 aromatic carbocycles. The maximum absolute atomic E-state index is 11.0. The zero-order valence-corrected chi connectivity index (χ0v) is 9.04. The second-order valence-corrected chi connectivity index (χ2v) is 4.20. The van der Waals surface area contributed by atoms with Gasteiger partial charge in [0.25, 0.3) is 0 Å². The van der Waals surface area contributed by atoms with Crippen LogP contribution >= 0.6 is 11.8 Å². The first-order chi connectivity index (χ1) is 7.20. The Bertz CT molecular complexity index is 393. The summed E-state index contributed by atoms with van der Waals surface area (Å²) >= 11 is 1.38. The average molecular weight is 225 g/mol. The fraction of sp³-hybridized carbons (Fsp3) is 0.444. The number of carbonyl (C=O) groups is 1. The minimum atomic E-state index is -0.969. The molecule has 1 aromatic heterocycles. The molecule has 15 heavy (non-hydrogen) atoms. The quantitative estimate of drug-likeness (QED) is 0.756. The summed E-state index contributed by atoms with van der Waals surface area (Å²) < 4.78 is 0. The molecule has 1 saturated carbocycles. The van der Waals surface area contributed by atoms with Gasteiger partial charge in [-0.1, -0.05) is 0 Å². The van der Waals surface area contributed by atoms with Gasteiger partial charge >= 0.3 is 5.97 Å². The van der Waals surface area contributed by atoms with Crippen molar-refractivity contribution >= 4 is 23.5 Å². The second kappa shape index (κ2) is 4.06. The van der Waals surface area contributed by atoms with Crippen molar-refractivity contribution in [2.45, 2.75) is 23.9 Å². The number of hydrogen-bond donors (Lipinski definition) is 2. The van der Waals surface area contributed by atoms with Gasteiger partial charge < -0.3 is 10.4 Å². The third-order valence-corrected chi connectivity index (χ3v) is 2.75. The van der Waals surface area contributed by atoms with Crippen LogP contribution in [0.2, 0.25) is 0 Å². The van der Waals surface area contributed by atoms with E-state index >= 15 is 0 Å². The van der Waals surface area contributed by atoms with Crippen LogP contribution in [0, 0.1) is 0 Å². The minimum absolute atomic E-state index is 0.196. The van der Waals surface area contributed by atoms with Crippen molar-refractivity contribution in [2.24, 2.45) is 0 Å². The zero-order chi connectivity index (χ0) is 10.8. The maximum Gasteiger partial charge on any atom is 0.339 e. The molecule has 80 valence electrons. The molecule has 2 N–H and O–H groups in total. The number of aromatic carboxylic acids is 1. The Kier molecular flexibility index (Phi) is 2.77. The third-order valence-electron chi connectivity index (χ3n) is 2.13. The van der Waals surface area contributed by atoms with Gasteiger partial charge in [-0.15, -0.1) is 22.0 Å². The van der Waals surface area contributed by atoms with Crippen LogP contribution in [-0.2, 0) is 0 Å². The van der Waals surface area contributed by atoms with E-state index in [2.05, 4.69) is 15.5 Å². The van der Waals surface area contributed by atoms with Gasteiger partial charge in [-0.3, -0.25) is 0 Å². The van der Waals surface area contributed by atoms with Gasteiger partial charge in [0.15, 0.2) is 5.82 Å². The summed E-state index contributed by atoms with van der Waals surface area (Å²) in [6, 6.07) is 1.92. The highest BCUT2D eigenvalue weighted by Gasteiger charge is 2.24. The SMILES string of the molecule is CSc1cc(C(=O)O)c(NC2CC2)nn1. The van der Waals surface area contributed by atoms with E-state index in [1.54, 1.807) is 6.07 Å². The number of anilines is 1. The number of nitrogens with zero attached hydrogens (tertiary/aromatic N) is 2. The lowest BCUT2D eigenvalue weighted by Crippen LogP contribution is -2.11. The molecule has 5 nitrogen and oxygen atoms in total. The van der Waals surface area contributed by atoms with Gasteiger partial charge in [0, 0.05) is 6.04 Å². The normalized spacial score (nSPS) is 15.0. The molecule has 0 bridgehead atoms. The van der Waals surface area contributed by atoms with E-state index in [1.807, 2.05) is 6.26 Å². The summed E-state index contributed by atoms with van der Waals surface area (Å²) in [6.07, 6.45) is 3.99. The van der Waals surface area contributed by atoms with Crippen molar-refractivity contribution in [3.63, 3.8) is 0 Å². The molecule has 0 spiro atoms. The molecule has 1 fully saturated rings. The predicted octanol–water partition coefficient (Wildman–Crippen LogP) is 1.47. The number of carboxylic acids is 1. The second-order valence-electron chi connectivity index (χ2n) is 3.37. The average Bonchev–Trinajstić information content (AvgIpc) is 3.02. The molecular formula is C9H11N3O2S. The van der Waals surface area contributed by atoms with Crippen molar-refractivity contribution in [2.75, 3.05) is 11.6 Å². The van der Waals surface area contributed by atoms with Crippen molar-refractivity contribution in [3.8, 4) is 0 Å². The summed E-state index contributed by atoms with van der Waals surface area (Å²) in [7, 11) is 0. The fourth-order valence-electron chi connectivity index (χ4n) is 1.16. The number of rotatable bonds is 4. The van der Waals surface area contributed by atoms with E-state index in [0.717, 1.165) is 12.8 Å². The number of carboxylic acid groups (broad SMARTS) is 1. The Hall–Kier alpha value is -1.30. The van der Waals surface area contributed by atoms with Crippen molar-refractivity contribution < 1.29 is 9.90 Å². The molecule has 0 unspecified atom stereocenters. The van der Waals surface area contributed by atoms with E-state index in [9.17, 15) is 4.79 Å². The highest BCUT2D eigenvalue weighted by molar-refractivity contribution is 7.98. The zero-order valence-electron chi connectivity index (χ0n) is 8.23. The highest BCUT2D eigenvalue weighted by atomic mass is 32.2. The van der Waals surface area contributed by atoms with E-state index < -0.39 is 5.97 Å². The molecule has 2 rings (SSSR count). The van der Waals surface area contributed by atoms with Gasteiger partial charge in [-0.2, -0.15) is 0 Å². The topological polar surface area (TPSA) is 75.1 Å². The van der Waals surface area contributed by atoms with Crippen molar-refractivity contribution in [1.29, 1.82) is 0 Å². The number of hydrogen-bond acceptors (Lipinski definition) is 5. The molecule has 0 radical (unpaired) electrons. The summed E-state index contributed by atoms with van der Waals surface area (Å²) in [5.41, 5.74) is 0.196. The molecule has 1 aliphatic rings. The van der Waals surface area contributed by atoms with E-state index in [0.29, 0.717) is 16.9 Å². The van der Waals surface area contributed by atoms with Crippen molar-refractivity contribution in [3.05, 3.63) is 11.6 Å². The van der Waals surface area contributed by atoms with Crippen LogP contribution < -0.4 is 5.32 Å². The smallest absolute Gasteiger partial charge is 0.339 e. The first kappa shape index (κ1) is 10.2. The largest absolute Gasteiger partial charge is 0.478 e. The van der Waals surface area contributed by atoms with Crippen LogP contribution in [-0.4, -0.2) is 33.6 Å². The monoisotopic (exact) mass is 225 g/mol. The lowest BCUT2D eigenvalue weighted by molar-refractivity contribution is 0.0697. The Morgan fingerprint density at radius 2 is 2.33 bits per heavy atom. The Morgan fingerprint density at radius 1 is 1.60 bits per heavy atom. The first-order valence-electron chi connectivity index (χ1n) is 4.62. The van der Waals surface area contributed by atoms with Gasteiger partial charge in [0.1, 0.15) is 10.6 Å². The minimum Gasteiger partial charge on any atom is -0.478 e. The van der Waals surface area contributed by atoms with Gasteiger partial charge in [-0.25, -0.2) is 4.79 Å². The molecule has 1 aromatic rings. The number of thioether (sulfide) groups is 1. The highest BCUT2D eigenvalue weighted by Crippen LogP contribution is 2.26. The van der Waals surface area contributed by atoms with Gasteiger partial charge in [0.2, 0.25) is 0 Å². The molecule has 0 saturated heterocycles. The lowest BCUT2D eigenvalue weighted by atomic mass is 10.3. The summed E-state index contributed by atoms with van der Waals surface area (Å²) in [5, 5.41) is 20.5. The van der Waals surface area contributed by atoms with E-state index in [1.165, 1.54) is 11.8 Å². The first-order valence-corrected chi connectivity index (χ1v) is 5.84. The van der Waals surface area contributed by atoms with Crippen LogP contribution in [0.1, 0.15) is 23.2 Å². The third kappa shape index (κ3) is 2.38. The predicted molar refractivity (Wildman–Crippen MR) is 57.4 cm³/mol. The summed E-state index contributed by atoms with van der Waals surface area (Å²) in [5.74, 6) is -0.592. The Morgan fingerprint density at radius 3 is 2.87 bits per heavy atom. The van der Waals surface area contributed by atoms with Crippen LogP contribution in [0.4, 0.5) is 5.82 Å².